The maximum absolute atomic E-state index is 6.36. The van der Waals surface area contributed by atoms with Gasteiger partial charge in [-0.3, -0.25) is 0 Å². The monoisotopic (exact) mass is 334 g/mol. The Bertz CT molecular complexity index is 877. The van der Waals surface area contributed by atoms with Gasteiger partial charge in [-0.25, -0.2) is 15.0 Å². The molecule has 6 nitrogen and oxygen atoms in total. The molecule has 3 N–H and O–H groups in total. The Morgan fingerprint density at radius 3 is 2.60 bits per heavy atom. The van der Waals surface area contributed by atoms with E-state index in [2.05, 4.69) is 51.1 Å². The van der Waals surface area contributed by atoms with Crippen molar-refractivity contribution in [3.05, 3.63) is 60.0 Å². The van der Waals surface area contributed by atoms with Crippen LogP contribution < -0.4 is 16.0 Å². The molecule has 25 heavy (non-hydrogen) atoms. The van der Waals surface area contributed by atoms with Crippen LogP contribution in [0.5, 0.6) is 0 Å². The molecule has 1 aromatic carbocycles. The zero-order valence-electron chi connectivity index (χ0n) is 14.7. The van der Waals surface area contributed by atoms with Gasteiger partial charge in [0.2, 0.25) is 0 Å². The molecule has 0 aliphatic heterocycles. The second-order valence-electron chi connectivity index (χ2n) is 5.83. The highest BCUT2D eigenvalue weighted by Crippen LogP contribution is 2.32. The van der Waals surface area contributed by atoms with Crippen LogP contribution in [-0.4, -0.2) is 21.5 Å². The largest absolute Gasteiger partial charge is 0.393 e. The van der Waals surface area contributed by atoms with Crippen molar-refractivity contribution in [2.75, 3.05) is 22.5 Å². The fourth-order valence-corrected chi connectivity index (χ4v) is 2.69. The Hall–Kier alpha value is -3.15. The summed E-state index contributed by atoms with van der Waals surface area (Å²) in [6, 6.07) is 14.0. The summed E-state index contributed by atoms with van der Waals surface area (Å²) in [4.78, 5) is 15.2. The maximum atomic E-state index is 6.36. The van der Waals surface area contributed by atoms with Gasteiger partial charge in [-0.15, -0.1) is 0 Å². The van der Waals surface area contributed by atoms with Crippen LogP contribution >= 0.6 is 0 Å². The lowest BCUT2D eigenvalue weighted by Gasteiger charge is -2.24. The van der Waals surface area contributed by atoms with Crippen molar-refractivity contribution in [3.63, 3.8) is 0 Å². The van der Waals surface area contributed by atoms with Crippen molar-refractivity contribution in [3.8, 4) is 0 Å². The van der Waals surface area contributed by atoms with Gasteiger partial charge in [0.1, 0.15) is 17.8 Å². The minimum Gasteiger partial charge on any atom is -0.393 e. The topological polar surface area (TPSA) is 80.0 Å². The molecule has 3 aromatic rings. The first kappa shape index (κ1) is 16.7. The summed E-state index contributed by atoms with van der Waals surface area (Å²) in [5.74, 6) is 1.93. The van der Waals surface area contributed by atoms with Crippen molar-refractivity contribution in [1.82, 2.24) is 15.0 Å². The third-order valence-corrected chi connectivity index (χ3v) is 3.88. The van der Waals surface area contributed by atoms with Gasteiger partial charge >= 0.3 is 0 Å². The number of anilines is 5. The minimum atomic E-state index is 0.495. The lowest BCUT2D eigenvalue weighted by molar-refractivity contribution is 0.978. The standard InChI is InChI=1S/C19H22N6/c1-4-25(15-9-5-7-13(2)11-15)19-17(20)18(21-12-22-19)24-16-10-6-8-14(3)23-16/h5-12H,4,20H2,1-3H3,(H,21,22,23,24). The highest BCUT2D eigenvalue weighted by Gasteiger charge is 2.16. The number of nitrogen functional groups attached to an aromatic ring is 1. The van der Waals surface area contributed by atoms with Gasteiger partial charge in [-0.05, 0) is 50.6 Å². The van der Waals surface area contributed by atoms with E-state index >= 15 is 0 Å². The molecule has 0 fully saturated rings. The van der Waals surface area contributed by atoms with Crippen LogP contribution in [0, 0.1) is 13.8 Å². The second-order valence-corrected chi connectivity index (χ2v) is 5.83. The van der Waals surface area contributed by atoms with Gasteiger partial charge in [0.05, 0.1) is 0 Å². The quantitative estimate of drug-likeness (QED) is 0.735. The summed E-state index contributed by atoms with van der Waals surface area (Å²) in [5, 5.41) is 3.18. The van der Waals surface area contributed by atoms with E-state index in [1.807, 2.05) is 37.3 Å². The van der Waals surface area contributed by atoms with Crippen LogP contribution in [0.1, 0.15) is 18.2 Å². The number of rotatable bonds is 5. The number of benzene rings is 1. The fourth-order valence-electron chi connectivity index (χ4n) is 2.69. The number of nitrogens with zero attached hydrogens (tertiary/aromatic N) is 4. The summed E-state index contributed by atoms with van der Waals surface area (Å²) in [7, 11) is 0. The first-order chi connectivity index (χ1) is 12.1. The van der Waals surface area contributed by atoms with E-state index in [0.29, 0.717) is 23.1 Å². The van der Waals surface area contributed by atoms with Gasteiger partial charge in [-0.2, -0.15) is 0 Å². The molecule has 0 aliphatic carbocycles. The molecular formula is C19H22N6. The van der Waals surface area contributed by atoms with E-state index in [4.69, 9.17) is 5.73 Å². The van der Waals surface area contributed by atoms with E-state index in [1.165, 1.54) is 11.9 Å². The maximum Gasteiger partial charge on any atom is 0.161 e. The Balaban J connectivity index is 1.97. The fraction of sp³-hybridized carbons (Fsp3) is 0.211. The predicted octanol–water partition coefficient (Wildman–Crippen LogP) is 3.97. The first-order valence-electron chi connectivity index (χ1n) is 8.24. The smallest absolute Gasteiger partial charge is 0.161 e. The summed E-state index contributed by atoms with van der Waals surface area (Å²) in [6.07, 6.45) is 1.52. The van der Waals surface area contributed by atoms with E-state index < -0.39 is 0 Å². The number of nitrogens with one attached hydrogen (secondary N) is 1. The number of hydrogen-bond donors (Lipinski definition) is 2. The minimum absolute atomic E-state index is 0.495. The first-order valence-corrected chi connectivity index (χ1v) is 8.24. The lowest BCUT2D eigenvalue weighted by Crippen LogP contribution is -2.20. The van der Waals surface area contributed by atoms with Gasteiger partial charge in [-0.1, -0.05) is 18.2 Å². The third kappa shape index (κ3) is 3.68. The molecule has 0 saturated heterocycles. The van der Waals surface area contributed by atoms with E-state index in [-0.39, 0.29) is 0 Å². The van der Waals surface area contributed by atoms with E-state index in [1.54, 1.807) is 0 Å². The van der Waals surface area contributed by atoms with Crippen molar-refractivity contribution < 1.29 is 0 Å². The normalized spacial score (nSPS) is 10.5. The number of nitrogens with two attached hydrogens (primary N) is 1. The van der Waals surface area contributed by atoms with Crippen LogP contribution in [0.15, 0.2) is 48.8 Å². The average Bonchev–Trinajstić information content (AvgIpc) is 2.59. The second kappa shape index (κ2) is 7.17. The van der Waals surface area contributed by atoms with Crippen LogP contribution in [0.25, 0.3) is 0 Å². The molecule has 2 heterocycles. The van der Waals surface area contributed by atoms with Crippen molar-refractivity contribution in [2.24, 2.45) is 0 Å². The molecule has 0 spiro atoms. The van der Waals surface area contributed by atoms with Gasteiger partial charge in [0.15, 0.2) is 11.6 Å². The summed E-state index contributed by atoms with van der Waals surface area (Å²) >= 11 is 0. The Morgan fingerprint density at radius 1 is 1.08 bits per heavy atom. The molecule has 0 unspecified atom stereocenters. The molecule has 2 aromatic heterocycles. The molecular weight excluding hydrogens is 312 g/mol. The molecule has 0 aliphatic rings. The summed E-state index contributed by atoms with van der Waals surface area (Å²) < 4.78 is 0. The molecule has 3 rings (SSSR count). The van der Waals surface area contributed by atoms with E-state index in [9.17, 15) is 0 Å². The molecule has 0 saturated carbocycles. The zero-order chi connectivity index (χ0) is 17.8. The van der Waals surface area contributed by atoms with Crippen LogP contribution in [-0.2, 0) is 0 Å². The van der Waals surface area contributed by atoms with E-state index in [0.717, 1.165) is 17.9 Å². The Kier molecular flexibility index (Phi) is 4.79. The van der Waals surface area contributed by atoms with Gasteiger partial charge in [0, 0.05) is 17.9 Å². The molecule has 128 valence electrons. The van der Waals surface area contributed by atoms with Gasteiger partial charge in [0.25, 0.3) is 0 Å². The SMILES string of the molecule is CCN(c1cccc(C)c1)c1ncnc(Nc2cccc(C)n2)c1N. The molecule has 6 heteroatoms. The molecule has 0 radical (unpaired) electrons. The van der Waals surface area contributed by atoms with Crippen LogP contribution in [0.4, 0.5) is 28.8 Å². The molecule has 0 bridgehead atoms. The third-order valence-electron chi connectivity index (χ3n) is 3.88. The van der Waals surface area contributed by atoms with Crippen LogP contribution in [0.2, 0.25) is 0 Å². The Morgan fingerprint density at radius 2 is 1.88 bits per heavy atom. The van der Waals surface area contributed by atoms with Crippen molar-refractivity contribution in [1.29, 1.82) is 0 Å². The number of aromatic nitrogens is 3. The summed E-state index contributed by atoms with van der Waals surface area (Å²) in [6.45, 7) is 6.82. The Labute approximate surface area is 147 Å². The average molecular weight is 334 g/mol. The molecule has 0 amide bonds. The van der Waals surface area contributed by atoms with Gasteiger partial charge < -0.3 is 16.0 Å². The molecule has 0 atom stereocenters. The number of pyridine rings is 1. The highest BCUT2D eigenvalue weighted by molar-refractivity contribution is 5.81. The summed E-state index contributed by atoms with van der Waals surface area (Å²) in [5.41, 5.74) is 10.0. The van der Waals surface area contributed by atoms with Crippen LogP contribution in [0.3, 0.4) is 0 Å². The zero-order valence-corrected chi connectivity index (χ0v) is 14.7. The number of hydrogen-bond acceptors (Lipinski definition) is 6. The lowest BCUT2D eigenvalue weighted by atomic mass is 10.2. The predicted molar refractivity (Wildman–Crippen MR) is 103 cm³/mol. The highest BCUT2D eigenvalue weighted by atomic mass is 15.2. The van der Waals surface area contributed by atoms with Crippen molar-refractivity contribution in [2.45, 2.75) is 20.8 Å². The van der Waals surface area contributed by atoms with Crippen molar-refractivity contribution >= 4 is 28.8 Å². The number of aryl methyl sites for hydroxylation is 2.